The lowest BCUT2D eigenvalue weighted by atomic mass is 10.4. The van der Waals surface area contributed by atoms with Crippen molar-refractivity contribution in [2.45, 2.75) is 72.4 Å². The van der Waals surface area contributed by atoms with E-state index in [9.17, 15) is 0 Å². The SMILES string of the molecule is CCCC[P+](CCCC)(CCCC)C[Si](C)(C)OC.[Cl-]. The molecule has 0 aliphatic carbocycles. The van der Waals surface area contributed by atoms with Crippen molar-refractivity contribution in [3.05, 3.63) is 0 Å². The monoisotopic (exact) mass is 340 g/mol. The number of hydrogen-bond acceptors (Lipinski definition) is 1. The Morgan fingerprint density at radius 2 is 1.15 bits per heavy atom. The predicted molar refractivity (Wildman–Crippen MR) is 95.6 cm³/mol. The second kappa shape index (κ2) is 12.4. The largest absolute Gasteiger partial charge is 1.00 e. The number of unbranched alkanes of at least 4 members (excludes halogenated alkanes) is 3. The summed E-state index contributed by atoms with van der Waals surface area (Å²) in [5.74, 6) is 1.47. The molecule has 124 valence electrons. The van der Waals surface area contributed by atoms with Crippen LogP contribution in [0.15, 0.2) is 0 Å². The minimum Gasteiger partial charge on any atom is -1.00 e. The maximum Gasteiger partial charge on any atom is 0.223 e. The van der Waals surface area contributed by atoms with Gasteiger partial charge in [0.15, 0.2) is 0 Å². The Balaban J connectivity index is 0. The van der Waals surface area contributed by atoms with Crippen molar-refractivity contribution < 1.29 is 16.8 Å². The molecule has 0 aliphatic rings. The topological polar surface area (TPSA) is 9.23 Å². The molecule has 0 spiro atoms. The summed E-state index contributed by atoms with van der Waals surface area (Å²) in [6, 6.07) is 0. The Kier molecular flexibility index (Phi) is 14.4. The van der Waals surface area contributed by atoms with Crippen LogP contribution < -0.4 is 12.4 Å². The van der Waals surface area contributed by atoms with Gasteiger partial charge in [-0.2, -0.15) is 0 Å². The van der Waals surface area contributed by atoms with Gasteiger partial charge in [0.05, 0.1) is 24.3 Å². The Morgan fingerprint density at radius 3 is 1.40 bits per heavy atom. The molecule has 0 aromatic heterocycles. The van der Waals surface area contributed by atoms with Gasteiger partial charge in [-0.15, -0.1) is 0 Å². The summed E-state index contributed by atoms with van der Waals surface area (Å²) in [6.07, 6.45) is 13.0. The van der Waals surface area contributed by atoms with E-state index < -0.39 is 15.6 Å². The van der Waals surface area contributed by atoms with E-state index in [-0.39, 0.29) is 12.4 Å². The molecule has 0 N–H and O–H groups in total. The van der Waals surface area contributed by atoms with Crippen molar-refractivity contribution in [3.8, 4) is 0 Å². The van der Waals surface area contributed by atoms with Crippen LogP contribution in [0.3, 0.4) is 0 Å². The van der Waals surface area contributed by atoms with Crippen LogP contribution in [0.4, 0.5) is 0 Å². The Bertz CT molecular complexity index is 203. The lowest BCUT2D eigenvalue weighted by molar-refractivity contribution is -0.00000535. The highest BCUT2D eigenvalue weighted by Crippen LogP contribution is 2.62. The van der Waals surface area contributed by atoms with E-state index in [4.69, 9.17) is 4.43 Å². The van der Waals surface area contributed by atoms with Crippen LogP contribution in [-0.2, 0) is 4.43 Å². The number of hydrogen-bond donors (Lipinski definition) is 0. The molecule has 0 radical (unpaired) electrons. The van der Waals surface area contributed by atoms with Crippen molar-refractivity contribution in [1.82, 2.24) is 0 Å². The van der Waals surface area contributed by atoms with Crippen LogP contribution in [0.1, 0.15) is 59.3 Å². The van der Waals surface area contributed by atoms with Gasteiger partial charge < -0.3 is 16.8 Å². The highest BCUT2D eigenvalue weighted by atomic mass is 35.5. The summed E-state index contributed by atoms with van der Waals surface area (Å²) in [5, 5.41) is 0. The third-order valence-electron chi connectivity index (χ3n) is 4.23. The first kappa shape index (κ1) is 23.2. The first-order chi connectivity index (χ1) is 8.95. The summed E-state index contributed by atoms with van der Waals surface area (Å²) in [7, 11) is -0.216. The maximum atomic E-state index is 5.90. The average molecular weight is 341 g/mol. The molecule has 1 nitrogen and oxygen atoms in total. The molecule has 0 amide bonds. The summed E-state index contributed by atoms with van der Waals surface area (Å²) >= 11 is 0. The van der Waals surface area contributed by atoms with E-state index in [1.807, 2.05) is 7.11 Å². The molecule has 0 aromatic carbocycles. The van der Waals surface area contributed by atoms with Crippen LogP contribution in [0.25, 0.3) is 0 Å². The fourth-order valence-electron chi connectivity index (χ4n) is 2.93. The fraction of sp³-hybridized carbons (Fsp3) is 1.00. The molecule has 0 fully saturated rings. The minimum atomic E-state index is -1.41. The summed E-state index contributed by atoms with van der Waals surface area (Å²) in [6.45, 7) is 11.9. The molecule has 0 saturated heterocycles. The normalized spacial score (nSPS) is 12.3. The highest BCUT2D eigenvalue weighted by Gasteiger charge is 2.42. The van der Waals surface area contributed by atoms with Gasteiger partial charge in [0.1, 0.15) is 0 Å². The van der Waals surface area contributed by atoms with Gasteiger partial charge in [-0.25, -0.2) is 0 Å². The molecule has 0 atom stereocenters. The standard InChI is InChI=1S/C16H38OPSi.ClH/c1-7-10-13-18(14-11-8-2,15-12-9-3)16-19(5,6)17-4;/h7-16H2,1-6H3;1H/q+1;/p-1. The van der Waals surface area contributed by atoms with Crippen molar-refractivity contribution in [1.29, 1.82) is 0 Å². The van der Waals surface area contributed by atoms with Crippen LogP contribution in [0.5, 0.6) is 0 Å². The van der Waals surface area contributed by atoms with Gasteiger partial charge in [-0.05, 0) is 32.4 Å². The fourth-order valence-corrected chi connectivity index (χ4v) is 15.4. The molecule has 0 rings (SSSR count). The van der Waals surface area contributed by atoms with E-state index in [0.29, 0.717) is 0 Å². The van der Waals surface area contributed by atoms with E-state index in [2.05, 4.69) is 33.9 Å². The molecular weight excluding hydrogens is 303 g/mol. The van der Waals surface area contributed by atoms with Gasteiger partial charge in [0.2, 0.25) is 8.32 Å². The first-order valence-electron chi connectivity index (χ1n) is 8.35. The molecule has 0 bridgehead atoms. The maximum absolute atomic E-state index is 5.90. The molecule has 0 aromatic rings. The molecule has 4 heteroatoms. The first-order valence-corrected chi connectivity index (χ1v) is 14.0. The Hall–Kier alpha value is 0.897. The van der Waals surface area contributed by atoms with E-state index in [1.165, 1.54) is 62.8 Å². The van der Waals surface area contributed by atoms with Gasteiger partial charge >= 0.3 is 0 Å². The summed E-state index contributed by atoms with van der Waals surface area (Å²) in [4.78, 5) is 0. The smallest absolute Gasteiger partial charge is 0.223 e. The van der Waals surface area contributed by atoms with Gasteiger partial charge in [-0.1, -0.05) is 40.0 Å². The molecule has 0 saturated carbocycles. The zero-order valence-corrected chi connectivity index (χ0v) is 17.5. The predicted octanol–water partition coefficient (Wildman–Crippen LogP) is 2.80. The Morgan fingerprint density at radius 1 is 0.800 bits per heavy atom. The van der Waals surface area contributed by atoms with Crippen molar-refractivity contribution in [3.63, 3.8) is 0 Å². The van der Waals surface area contributed by atoms with Gasteiger partial charge in [0.25, 0.3) is 0 Å². The third-order valence-corrected chi connectivity index (χ3v) is 14.9. The van der Waals surface area contributed by atoms with Gasteiger partial charge in [-0.3, -0.25) is 0 Å². The number of rotatable bonds is 12. The van der Waals surface area contributed by atoms with Crippen LogP contribution in [-0.4, -0.2) is 39.7 Å². The van der Waals surface area contributed by atoms with E-state index in [0.717, 1.165) is 0 Å². The lowest BCUT2D eigenvalue weighted by Gasteiger charge is -2.33. The lowest BCUT2D eigenvalue weighted by Crippen LogP contribution is -3.00. The molecule has 0 aliphatic heterocycles. The number of halogens is 1. The average Bonchev–Trinajstić information content (AvgIpc) is 2.40. The Labute approximate surface area is 136 Å². The summed E-state index contributed by atoms with van der Waals surface area (Å²) in [5.41, 5.74) is 0. The second-order valence-electron chi connectivity index (χ2n) is 6.70. The van der Waals surface area contributed by atoms with Crippen LogP contribution in [0, 0.1) is 0 Å². The zero-order chi connectivity index (χ0) is 14.8. The second-order valence-corrected chi connectivity index (χ2v) is 15.9. The van der Waals surface area contributed by atoms with E-state index in [1.54, 1.807) is 0 Å². The zero-order valence-electron chi connectivity index (χ0n) is 14.8. The minimum absolute atomic E-state index is 0. The van der Waals surface area contributed by atoms with Crippen LogP contribution in [0.2, 0.25) is 13.1 Å². The molecule has 0 heterocycles. The van der Waals surface area contributed by atoms with E-state index >= 15 is 0 Å². The van der Waals surface area contributed by atoms with Crippen molar-refractivity contribution in [2.75, 3.05) is 31.4 Å². The van der Waals surface area contributed by atoms with Gasteiger partial charge in [0, 0.05) is 14.4 Å². The highest BCUT2D eigenvalue weighted by molar-refractivity contribution is 7.77. The summed E-state index contributed by atoms with van der Waals surface area (Å²) < 4.78 is 5.90. The molecule has 20 heavy (non-hydrogen) atoms. The quantitative estimate of drug-likeness (QED) is 0.392. The van der Waals surface area contributed by atoms with Crippen molar-refractivity contribution >= 4 is 15.6 Å². The molecule has 0 unspecified atom stereocenters. The van der Waals surface area contributed by atoms with Crippen LogP contribution >= 0.6 is 7.26 Å². The third kappa shape index (κ3) is 9.76. The van der Waals surface area contributed by atoms with Crippen molar-refractivity contribution in [2.24, 2.45) is 0 Å². The molecular formula is C16H38ClOPSi.